The van der Waals surface area contributed by atoms with Gasteiger partial charge < -0.3 is 11.5 Å². The molecule has 0 bridgehead atoms. The van der Waals surface area contributed by atoms with Crippen molar-refractivity contribution in [2.24, 2.45) is 17.4 Å². The SMILES string of the molecule is NC(=O)C1(N)CCCC1CCSCc1ccc(Cl)cc1. The summed E-state index contributed by atoms with van der Waals surface area (Å²) >= 11 is 7.72. The van der Waals surface area contributed by atoms with E-state index in [0.717, 1.165) is 42.2 Å². The molecule has 20 heavy (non-hydrogen) atoms. The molecule has 4 N–H and O–H groups in total. The van der Waals surface area contributed by atoms with E-state index in [9.17, 15) is 4.79 Å². The van der Waals surface area contributed by atoms with Crippen LogP contribution in [0.3, 0.4) is 0 Å². The first kappa shape index (κ1) is 15.7. The number of hydrogen-bond donors (Lipinski definition) is 2. The number of halogens is 1. The van der Waals surface area contributed by atoms with Gasteiger partial charge in [0.25, 0.3) is 0 Å². The smallest absolute Gasteiger partial charge is 0.237 e. The molecule has 110 valence electrons. The van der Waals surface area contributed by atoms with Crippen molar-refractivity contribution in [2.45, 2.75) is 37.0 Å². The van der Waals surface area contributed by atoms with Crippen molar-refractivity contribution in [3.05, 3.63) is 34.9 Å². The molecular formula is C15H21ClN2OS. The molecule has 0 heterocycles. The minimum atomic E-state index is -0.777. The zero-order valence-electron chi connectivity index (χ0n) is 11.5. The molecule has 1 aliphatic rings. The normalized spacial score (nSPS) is 25.8. The van der Waals surface area contributed by atoms with Crippen LogP contribution < -0.4 is 11.5 Å². The summed E-state index contributed by atoms with van der Waals surface area (Å²) < 4.78 is 0. The van der Waals surface area contributed by atoms with Crippen LogP contribution in [-0.4, -0.2) is 17.2 Å². The lowest BCUT2D eigenvalue weighted by atomic mass is 9.85. The molecule has 0 saturated heterocycles. The van der Waals surface area contributed by atoms with Crippen molar-refractivity contribution in [1.29, 1.82) is 0 Å². The molecule has 1 fully saturated rings. The molecule has 0 spiro atoms. The Kier molecular flexibility index (Phi) is 5.35. The van der Waals surface area contributed by atoms with Gasteiger partial charge in [-0.2, -0.15) is 11.8 Å². The van der Waals surface area contributed by atoms with E-state index in [4.69, 9.17) is 23.1 Å². The third-order valence-electron chi connectivity index (χ3n) is 4.12. The molecule has 1 aromatic rings. The number of benzene rings is 1. The van der Waals surface area contributed by atoms with Crippen molar-refractivity contribution in [1.82, 2.24) is 0 Å². The lowest BCUT2D eigenvalue weighted by Crippen LogP contribution is -2.54. The van der Waals surface area contributed by atoms with E-state index < -0.39 is 5.54 Å². The Hall–Kier alpha value is -0.710. The van der Waals surface area contributed by atoms with Crippen LogP contribution in [-0.2, 0) is 10.5 Å². The summed E-state index contributed by atoms with van der Waals surface area (Å²) in [5.41, 5.74) is 12.1. The van der Waals surface area contributed by atoms with Crippen LogP contribution in [0.25, 0.3) is 0 Å². The second-order valence-corrected chi connectivity index (χ2v) is 7.00. The van der Waals surface area contributed by atoms with Crippen LogP contribution >= 0.6 is 23.4 Å². The van der Waals surface area contributed by atoms with E-state index in [-0.39, 0.29) is 11.8 Å². The Morgan fingerprint density at radius 1 is 1.40 bits per heavy atom. The molecule has 0 aliphatic heterocycles. The topological polar surface area (TPSA) is 69.1 Å². The second-order valence-electron chi connectivity index (χ2n) is 5.46. The Labute approximate surface area is 129 Å². The van der Waals surface area contributed by atoms with Crippen LogP contribution in [0.5, 0.6) is 0 Å². The van der Waals surface area contributed by atoms with Crippen molar-refractivity contribution in [2.75, 3.05) is 5.75 Å². The van der Waals surface area contributed by atoms with Gasteiger partial charge in [0.1, 0.15) is 0 Å². The van der Waals surface area contributed by atoms with Crippen LogP contribution in [0, 0.1) is 5.92 Å². The zero-order chi connectivity index (χ0) is 14.6. The predicted molar refractivity (Wildman–Crippen MR) is 85.7 cm³/mol. The number of carbonyl (C=O) groups is 1. The minimum Gasteiger partial charge on any atom is -0.368 e. The Balaban J connectivity index is 1.76. The van der Waals surface area contributed by atoms with E-state index in [0.29, 0.717) is 0 Å². The van der Waals surface area contributed by atoms with Gasteiger partial charge in [-0.25, -0.2) is 0 Å². The molecule has 2 atom stereocenters. The van der Waals surface area contributed by atoms with E-state index in [1.165, 1.54) is 5.56 Å². The molecule has 1 amide bonds. The van der Waals surface area contributed by atoms with E-state index in [1.807, 2.05) is 36.0 Å². The average Bonchev–Trinajstić information content (AvgIpc) is 2.80. The van der Waals surface area contributed by atoms with Gasteiger partial charge in [-0.05, 0) is 48.6 Å². The summed E-state index contributed by atoms with van der Waals surface area (Å²) in [4.78, 5) is 11.5. The van der Waals surface area contributed by atoms with Gasteiger partial charge >= 0.3 is 0 Å². The summed E-state index contributed by atoms with van der Waals surface area (Å²) in [6.07, 6.45) is 3.71. The van der Waals surface area contributed by atoms with E-state index >= 15 is 0 Å². The lowest BCUT2D eigenvalue weighted by molar-refractivity contribution is -0.124. The molecule has 5 heteroatoms. The Morgan fingerprint density at radius 3 is 2.75 bits per heavy atom. The maximum atomic E-state index is 11.5. The number of hydrogen-bond acceptors (Lipinski definition) is 3. The molecule has 2 unspecified atom stereocenters. The van der Waals surface area contributed by atoms with Gasteiger partial charge in [-0.3, -0.25) is 4.79 Å². The van der Waals surface area contributed by atoms with Gasteiger partial charge in [0, 0.05) is 10.8 Å². The van der Waals surface area contributed by atoms with Crippen molar-refractivity contribution < 1.29 is 4.79 Å². The fourth-order valence-corrected chi connectivity index (χ4v) is 3.97. The summed E-state index contributed by atoms with van der Waals surface area (Å²) in [7, 11) is 0. The summed E-state index contributed by atoms with van der Waals surface area (Å²) in [6, 6.07) is 7.90. The van der Waals surface area contributed by atoms with Crippen molar-refractivity contribution >= 4 is 29.3 Å². The van der Waals surface area contributed by atoms with Crippen LogP contribution in [0.2, 0.25) is 5.02 Å². The highest BCUT2D eigenvalue weighted by molar-refractivity contribution is 7.98. The largest absolute Gasteiger partial charge is 0.368 e. The Morgan fingerprint density at radius 2 is 2.10 bits per heavy atom. The minimum absolute atomic E-state index is 0.234. The van der Waals surface area contributed by atoms with Gasteiger partial charge in [0.05, 0.1) is 5.54 Å². The van der Waals surface area contributed by atoms with E-state index in [1.54, 1.807) is 0 Å². The quantitative estimate of drug-likeness (QED) is 0.793. The highest BCUT2D eigenvalue weighted by atomic mass is 35.5. The van der Waals surface area contributed by atoms with Gasteiger partial charge in [0.15, 0.2) is 0 Å². The number of amides is 1. The second kappa shape index (κ2) is 6.83. The number of thioether (sulfide) groups is 1. The first-order chi connectivity index (χ1) is 9.52. The maximum absolute atomic E-state index is 11.5. The predicted octanol–water partition coefficient (Wildman–Crippen LogP) is 2.95. The molecule has 1 aromatic carbocycles. The molecule has 3 nitrogen and oxygen atoms in total. The molecular weight excluding hydrogens is 292 g/mol. The number of primary amides is 1. The Bertz CT molecular complexity index is 465. The highest BCUT2D eigenvalue weighted by Crippen LogP contribution is 2.36. The molecule has 0 radical (unpaired) electrons. The monoisotopic (exact) mass is 312 g/mol. The van der Waals surface area contributed by atoms with Gasteiger partial charge in [0.2, 0.25) is 5.91 Å². The third-order valence-corrected chi connectivity index (χ3v) is 5.44. The summed E-state index contributed by atoms with van der Waals surface area (Å²) in [5.74, 6) is 1.85. The fourth-order valence-electron chi connectivity index (χ4n) is 2.83. The van der Waals surface area contributed by atoms with Gasteiger partial charge in [-0.1, -0.05) is 30.2 Å². The van der Waals surface area contributed by atoms with Crippen LogP contribution in [0.4, 0.5) is 0 Å². The number of carbonyl (C=O) groups excluding carboxylic acids is 1. The van der Waals surface area contributed by atoms with Crippen molar-refractivity contribution in [3.8, 4) is 0 Å². The fraction of sp³-hybridized carbons (Fsp3) is 0.533. The summed E-state index contributed by atoms with van der Waals surface area (Å²) in [6.45, 7) is 0. The van der Waals surface area contributed by atoms with Gasteiger partial charge in [-0.15, -0.1) is 0 Å². The maximum Gasteiger partial charge on any atom is 0.237 e. The highest BCUT2D eigenvalue weighted by Gasteiger charge is 2.43. The van der Waals surface area contributed by atoms with Crippen molar-refractivity contribution in [3.63, 3.8) is 0 Å². The molecule has 1 aliphatic carbocycles. The zero-order valence-corrected chi connectivity index (χ0v) is 13.1. The number of rotatable bonds is 6. The first-order valence-corrected chi connectivity index (χ1v) is 8.46. The standard InChI is InChI=1S/C15H21ClN2OS/c16-13-5-3-11(4-6-13)10-20-9-7-12-2-1-8-15(12,18)14(17)19/h3-6,12H,1-2,7-10,18H2,(H2,17,19). The average molecular weight is 313 g/mol. The molecule has 2 rings (SSSR count). The third kappa shape index (κ3) is 3.68. The van der Waals surface area contributed by atoms with Crippen LogP contribution in [0.15, 0.2) is 24.3 Å². The summed E-state index contributed by atoms with van der Waals surface area (Å²) in [5, 5.41) is 0.763. The molecule has 0 aromatic heterocycles. The van der Waals surface area contributed by atoms with E-state index in [2.05, 4.69) is 0 Å². The molecule has 1 saturated carbocycles. The first-order valence-electron chi connectivity index (χ1n) is 6.93. The number of nitrogens with two attached hydrogens (primary N) is 2. The lowest BCUT2D eigenvalue weighted by Gasteiger charge is -2.27. The van der Waals surface area contributed by atoms with Crippen LogP contribution in [0.1, 0.15) is 31.2 Å².